The standard InChI is InChI=1S/C14H11FN2O4.C2H7N/c15-10-3-1-2-8(4-10)9-5-11(18)13(16-6-9)14(21)17-7-12(19)20;1-3-2/h1-6,18H,7H2,(H,17,21)(H,19,20);3H,1-2H3. The maximum Gasteiger partial charge on any atom is 0.322 e. The lowest BCUT2D eigenvalue weighted by atomic mass is 10.1. The van der Waals surface area contributed by atoms with Gasteiger partial charge in [-0.2, -0.15) is 0 Å². The Hall–Kier alpha value is -3.00. The van der Waals surface area contributed by atoms with Gasteiger partial charge < -0.3 is 20.8 Å². The molecule has 24 heavy (non-hydrogen) atoms. The fourth-order valence-electron chi connectivity index (χ4n) is 1.69. The van der Waals surface area contributed by atoms with Gasteiger partial charge in [0.2, 0.25) is 0 Å². The van der Waals surface area contributed by atoms with E-state index in [0.717, 1.165) is 0 Å². The second kappa shape index (κ2) is 9.21. The molecule has 7 nitrogen and oxygen atoms in total. The van der Waals surface area contributed by atoms with Crippen molar-refractivity contribution in [2.75, 3.05) is 20.6 Å². The molecular formula is C16H18FN3O4. The molecule has 2 rings (SSSR count). The maximum atomic E-state index is 13.1. The number of nitrogens with one attached hydrogen (secondary N) is 2. The van der Waals surface area contributed by atoms with E-state index in [1.165, 1.54) is 30.5 Å². The second-order valence-corrected chi connectivity index (χ2v) is 4.68. The Kier molecular flexibility index (Phi) is 7.31. The van der Waals surface area contributed by atoms with Crippen LogP contribution in [-0.2, 0) is 4.79 Å². The van der Waals surface area contributed by atoms with Gasteiger partial charge >= 0.3 is 5.97 Å². The molecule has 1 heterocycles. The van der Waals surface area contributed by atoms with Crippen LogP contribution in [0.5, 0.6) is 5.75 Å². The Morgan fingerprint density at radius 3 is 2.42 bits per heavy atom. The van der Waals surface area contributed by atoms with E-state index in [1.54, 1.807) is 6.07 Å². The molecule has 2 aromatic rings. The van der Waals surface area contributed by atoms with Gasteiger partial charge in [0.25, 0.3) is 5.91 Å². The van der Waals surface area contributed by atoms with Crippen LogP contribution in [-0.4, -0.2) is 47.7 Å². The molecule has 0 saturated heterocycles. The molecule has 0 unspecified atom stereocenters. The van der Waals surface area contributed by atoms with E-state index in [-0.39, 0.29) is 5.69 Å². The molecule has 1 amide bonds. The van der Waals surface area contributed by atoms with Crippen LogP contribution in [0.1, 0.15) is 10.5 Å². The van der Waals surface area contributed by atoms with Gasteiger partial charge in [-0.05, 0) is 37.9 Å². The summed E-state index contributed by atoms with van der Waals surface area (Å²) in [6.07, 6.45) is 1.30. The highest BCUT2D eigenvalue weighted by Crippen LogP contribution is 2.25. The van der Waals surface area contributed by atoms with Gasteiger partial charge in [0.1, 0.15) is 18.1 Å². The first-order valence-corrected chi connectivity index (χ1v) is 6.92. The lowest BCUT2D eigenvalue weighted by molar-refractivity contribution is -0.135. The van der Waals surface area contributed by atoms with Crippen LogP contribution in [0.25, 0.3) is 11.1 Å². The van der Waals surface area contributed by atoms with Crippen molar-refractivity contribution in [3.05, 3.63) is 48.0 Å². The molecule has 1 aromatic carbocycles. The summed E-state index contributed by atoms with van der Waals surface area (Å²) in [5, 5.41) is 23.1. The first kappa shape index (κ1) is 19.0. The molecule has 0 spiro atoms. The third-order valence-electron chi connectivity index (χ3n) is 2.64. The minimum Gasteiger partial charge on any atom is -0.505 e. The number of hydrogen-bond donors (Lipinski definition) is 4. The predicted octanol–water partition coefficient (Wildman–Crippen LogP) is 1.24. The van der Waals surface area contributed by atoms with Gasteiger partial charge in [-0.25, -0.2) is 9.37 Å². The van der Waals surface area contributed by atoms with Crippen molar-refractivity contribution in [1.29, 1.82) is 0 Å². The number of carboxylic acids is 1. The van der Waals surface area contributed by atoms with E-state index >= 15 is 0 Å². The van der Waals surface area contributed by atoms with Crippen LogP contribution in [0.4, 0.5) is 4.39 Å². The van der Waals surface area contributed by atoms with Gasteiger partial charge in [-0.3, -0.25) is 9.59 Å². The van der Waals surface area contributed by atoms with E-state index in [4.69, 9.17) is 5.11 Å². The molecule has 0 saturated carbocycles. The van der Waals surface area contributed by atoms with Crippen LogP contribution >= 0.6 is 0 Å². The van der Waals surface area contributed by atoms with E-state index in [0.29, 0.717) is 11.1 Å². The van der Waals surface area contributed by atoms with Gasteiger partial charge in [0.05, 0.1) is 0 Å². The number of carboxylic acid groups (broad SMARTS) is 1. The number of aliphatic carboxylic acids is 1. The number of carbonyl (C=O) groups excluding carboxylic acids is 1. The van der Waals surface area contributed by atoms with Crippen LogP contribution in [0.3, 0.4) is 0 Å². The molecule has 128 valence electrons. The van der Waals surface area contributed by atoms with Crippen molar-refractivity contribution in [3.8, 4) is 16.9 Å². The largest absolute Gasteiger partial charge is 0.505 e. The normalized spacial score (nSPS) is 9.62. The zero-order chi connectivity index (χ0) is 18.1. The highest BCUT2D eigenvalue weighted by atomic mass is 19.1. The number of nitrogens with zero attached hydrogens (tertiary/aromatic N) is 1. The summed E-state index contributed by atoms with van der Waals surface area (Å²) in [5.74, 6) is -2.87. The lowest BCUT2D eigenvalue weighted by Crippen LogP contribution is -2.29. The Morgan fingerprint density at radius 1 is 1.21 bits per heavy atom. The molecule has 0 fully saturated rings. The number of rotatable bonds is 4. The van der Waals surface area contributed by atoms with Crippen LogP contribution in [0, 0.1) is 5.82 Å². The van der Waals surface area contributed by atoms with Gasteiger partial charge in [0.15, 0.2) is 5.69 Å². The van der Waals surface area contributed by atoms with Crippen LogP contribution < -0.4 is 10.6 Å². The smallest absolute Gasteiger partial charge is 0.322 e. The highest BCUT2D eigenvalue weighted by Gasteiger charge is 2.15. The minimum absolute atomic E-state index is 0.295. The monoisotopic (exact) mass is 335 g/mol. The molecule has 0 aliphatic rings. The van der Waals surface area contributed by atoms with Crippen molar-refractivity contribution in [1.82, 2.24) is 15.6 Å². The number of hydrogen-bond acceptors (Lipinski definition) is 5. The van der Waals surface area contributed by atoms with Gasteiger partial charge in [-0.15, -0.1) is 0 Å². The number of aromatic hydroxyl groups is 1. The van der Waals surface area contributed by atoms with E-state index in [9.17, 15) is 19.1 Å². The molecular weight excluding hydrogens is 317 g/mol. The molecule has 4 N–H and O–H groups in total. The average molecular weight is 335 g/mol. The molecule has 1 aromatic heterocycles. The molecule has 0 radical (unpaired) electrons. The molecule has 0 aliphatic carbocycles. The molecule has 0 bridgehead atoms. The molecule has 0 atom stereocenters. The number of benzene rings is 1. The lowest BCUT2D eigenvalue weighted by Gasteiger charge is -2.07. The van der Waals surface area contributed by atoms with E-state index in [2.05, 4.69) is 15.6 Å². The Labute approximate surface area is 138 Å². The van der Waals surface area contributed by atoms with Crippen LogP contribution in [0.15, 0.2) is 36.5 Å². The summed E-state index contributed by atoms with van der Waals surface area (Å²) in [5.41, 5.74) is 0.633. The van der Waals surface area contributed by atoms with Crippen molar-refractivity contribution in [3.63, 3.8) is 0 Å². The zero-order valence-electron chi connectivity index (χ0n) is 13.2. The highest BCUT2D eigenvalue weighted by molar-refractivity contribution is 5.96. The number of halogens is 1. The second-order valence-electron chi connectivity index (χ2n) is 4.68. The van der Waals surface area contributed by atoms with Crippen molar-refractivity contribution in [2.45, 2.75) is 0 Å². The van der Waals surface area contributed by atoms with Gasteiger partial charge in [0, 0.05) is 11.8 Å². The topological polar surface area (TPSA) is 112 Å². The number of pyridine rings is 1. The molecule has 0 aliphatic heterocycles. The average Bonchev–Trinajstić information content (AvgIpc) is 2.53. The number of carbonyl (C=O) groups is 2. The van der Waals surface area contributed by atoms with Crippen molar-refractivity contribution < 1.29 is 24.2 Å². The predicted molar refractivity (Wildman–Crippen MR) is 86.2 cm³/mol. The Bertz CT molecular complexity index is 722. The minimum atomic E-state index is -1.21. The zero-order valence-corrected chi connectivity index (χ0v) is 13.2. The number of aromatic nitrogens is 1. The summed E-state index contributed by atoms with van der Waals surface area (Å²) < 4.78 is 13.1. The summed E-state index contributed by atoms with van der Waals surface area (Å²) in [7, 11) is 3.75. The SMILES string of the molecule is CNC.O=C(O)CNC(=O)c1ncc(-c2cccc(F)c2)cc1O. The Morgan fingerprint density at radius 2 is 1.88 bits per heavy atom. The van der Waals surface area contributed by atoms with Crippen LogP contribution in [0.2, 0.25) is 0 Å². The summed E-state index contributed by atoms with van der Waals surface area (Å²) >= 11 is 0. The van der Waals surface area contributed by atoms with E-state index in [1.807, 2.05) is 14.1 Å². The Balaban J connectivity index is 0.000000891. The van der Waals surface area contributed by atoms with E-state index < -0.39 is 30.0 Å². The number of amides is 1. The summed E-state index contributed by atoms with van der Waals surface area (Å²) in [6.45, 7) is -0.578. The first-order valence-electron chi connectivity index (χ1n) is 6.92. The maximum absolute atomic E-state index is 13.1. The molecule has 8 heteroatoms. The summed E-state index contributed by atoms with van der Waals surface area (Å²) in [4.78, 5) is 25.8. The first-order chi connectivity index (χ1) is 11.4. The quantitative estimate of drug-likeness (QED) is 0.669. The summed E-state index contributed by atoms with van der Waals surface area (Å²) in [6, 6.07) is 6.95. The fourth-order valence-corrected chi connectivity index (χ4v) is 1.69. The third kappa shape index (κ3) is 5.65. The van der Waals surface area contributed by atoms with Crippen molar-refractivity contribution >= 4 is 11.9 Å². The van der Waals surface area contributed by atoms with Crippen molar-refractivity contribution in [2.24, 2.45) is 0 Å². The fraction of sp³-hybridized carbons (Fsp3) is 0.188. The third-order valence-corrected chi connectivity index (χ3v) is 2.64. The van der Waals surface area contributed by atoms with Gasteiger partial charge in [-0.1, -0.05) is 12.1 Å².